The summed E-state index contributed by atoms with van der Waals surface area (Å²) < 4.78 is 5.75. The fraction of sp³-hybridized carbons (Fsp3) is 0.167. The summed E-state index contributed by atoms with van der Waals surface area (Å²) in [7, 11) is 0. The molecule has 0 aliphatic rings. The van der Waals surface area contributed by atoms with Crippen LogP contribution >= 0.6 is 0 Å². The summed E-state index contributed by atoms with van der Waals surface area (Å²) in [6, 6.07) is 19.3. The van der Waals surface area contributed by atoms with Gasteiger partial charge in [-0.2, -0.15) is 0 Å². The van der Waals surface area contributed by atoms with E-state index in [-0.39, 0.29) is 0 Å². The van der Waals surface area contributed by atoms with Crippen molar-refractivity contribution in [3.63, 3.8) is 0 Å². The topological polar surface area (TPSA) is 37.9 Å². The Morgan fingerprint density at radius 1 is 1.10 bits per heavy atom. The molecule has 2 aromatic carbocycles. The van der Waals surface area contributed by atoms with E-state index in [1.807, 2.05) is 36.5 Å². The zero-order valence-electron chi connectivity index (χ0n) is 11.8. The van der Waals surface area contributed by atoms with Crippen LogP contribution in [0.1, 0.15) is 12.1 Å². The maximum atomic E-state index is 5.75. The Morgan fingerprint density at radius 2 is 2.00 bits per heavy atom. The molecule has 0 aliphatic heterocycles. The van der Waals surface area contributed by atoms with E-state index in [9.17, 15) is 0 Å². The molecule has 3 nitrogen and oxygen atoms in total. The molecule has 0 unspecified atom stereocenters. The van der Waals surface area contributed by atoms with Gasteiger partial charge in [0.2, 0.25) is 0 Å². The smallest absolute Gasteiger partial charge is 0.119 e. The number of hydrogen-bond acceptors (Lipinski definition) is 2. The Balaban J connectivity index is 1.50. The Hall–Kier alpha value is -2.55. The third-order valence-electron chi connectivity index (χ3n) is 3.28. The zero-order chi connectivity index (χ0) is 14.3. The van der Waals surface area contributed by atoms with Gasteiger partial charge in [-0.1, -0.05) is 36.4 Å². The van der Waals surface area contributed by atoms with Gasteiger partial charge in [-0.25, -0.2) is 4.98 Å². The average molecular weight is 277 g/mol. The van der Waals surface area contributed by atoms with Gasteiger partial charge < -0.3 is 9.72 Å². The quantitative estimate of drug-likeness (QED) is 0.694. The molecule has 3 rings (SSSR count). The van der Waals surface area contributed by atoms with Crippen LogP contribution in [-0.4, -0.2) is 16.6 Å². The van der Waals surface area contributed by atoms with Gasteiger partial charge in [0.15, 0.2) is 0 Å². The maximum Gasteiger partial charge on any atom is 0.119 e. The van der Waals surface area contributed by atoms with Crippen molar-refractivity contribution < 1.29 is 4.74 Å². The standard InChI is InChI=1S/C18H17N2O/c1-2-5-15(6-3-1)16-8-10-18(11-9-16)21-12-4-7-17-13-19-14-20-17/h1-3,5,8-11,13-14H,4,7,12H2,(H,19,20). The van der Waals surface area contributed by atoms with E-state index in [4.69, 9.17) is 4.74 Å². The SMILES string of the molecule is [c]1ccccc1-c1ccc(OCCCc2c[nH]cn2)cc1. The molecule has 0 atom stereocenters. The number of imidazole rings is 1. The van der Waals surface area contributed by atoms with Crippen molar-refractivity contribution in [3.8, 4) is 16.9 Å². The highest BCUT2D eigenvalue weighted by molar-refractivity contribution is 5.63. The number of benzene rings is 2. The molecule has 1 aromatic heterocycles. The monoisotopic (exact) mass is 277 g/mol. The van der Waals surface area contributed by atoms with Crippen molar-refractivity contribution in [2.24, 2.45) is 0 Å². The van der Waals surface area contributed by atoms with Gasteiger partial charge in [0.25, 0.3) is 0 Å². The minimum atomic E-state index is 0.698. The van der Waals surface area contributed by atoms with Crippen LogP contribution in [0.3, 0.4) is 0 Å². The van der Waals surface area contributed by atoms with Crippen molar-refractivity contribution in [2.75, 3.05) is 6.61 Å². The van der Waals surface area contributed by atoms with E-state index >= 15 is 0 Å². The Kier molecular flexibility index (Phi) is 4.32. The molecule has 0 spiro atoms. The summed E-state index contributed by atoms with van der Waals surface area (Å²) in [4.78, 5) is 7.15. The van der Waals surface area contributed by atoms with Gasteiger partial charge in [0, 0.05) is 6.20 Å². The first-order valence-corrected chi connectivity index (χ1v) is 7.09. The lowest BCUT2D eigenvalue weighted by Crippen LogP contribution is -1.99. The zero-order valence-corrected chi connectivity index (χ0v) is 11.8. The highest BCUT2D eigenvalue weighted by Gasteiger charge is 1.99. The molecule has 1 N–H and O–H groups in total. The van der Waals surface area contributed by atoms with Gasteiger partial charge in [0.05, 0.1) is 18.6 Å². The molecule has 0 aliphatic carbocycles. The van der Waals surface area contributed by atoms with Crippen molar-refractivity contribution in [1.82, 2.24) is 9.97 Å². The van der Waals surface area contributed by atoms with Gasteiger partial charge in [0.1, 0.15) is 5.75 Å². The van der Waals surface area contributed by atoms with E-state index in [0.717, 1.165) is 35.4 Å². The Morgan fingerprint density at radius 3 is 2.71 bits per heavy atom. The molecular weight excluding hydrogens is 260 g/mol. The lowest BCUT2D eigenvalue weighted by atomic mass is 10.1. The molecular formula is C18H17N2O. The molecule has 1 radical (unpaired) electrons. The Bertz CT molecular complexity index is 645. The highest BCUT2D eigenvalue weighted by atomic mass is 16.5. The van der Waals surface area contributed by atoms with Crippen molar-refractivity contribution in [3.05, 3.63) is 72.8 Å². The first-order chi connectivity index (χ1) is 10.4. The fourth-order valence-corrected chi connectivity index (χ4v) is 2.17. The third kappa shape index (κ3) is 3.72. The second-order valence-corrected chi connectivity index (χ2v) is 4.81. The predicted molar refractivity (Wildman–Crippen MR) is 83.1 cm³/mol. The lowest BCUT2D eigenvalue weighted by Gasteiger charge is -2.07. The number of aromatic nitrogens is 2. The number of hydrogen-bond donors (Lipinski definition) is 1. The molecule has 21 heavy (non-hydrogen) atoms. The van der Waals surface area contributed by atoms with Crippen LogP contribution in [0.2, 0.25) is 0 Å². The molecule has 0 saturated heterocycles. The average Bonchev–Trinajstić information content (AvgIpc) is 3.06. The van der Waals surface area contributed by atoms with E-state index in [0.29, 0.717) is 6.61 Å². The van der Waals surface area contributed by atoms with E-state index < -0.39 is 0 Å². The highest BCUT2D eigenvalue weighted by Crippen LogP contribution is 2.21. The summed E-state index contributed by atoms with van der Waals surface area (Å²) in [5.74, 6) is 0.900. The van der Waals surface area contributed by atoms with Gasteiger partial charge in [-0.05, 0) is 42.2 Å². The van der Waals surface area contributed by atoms with Crippen LogP contribution < -0.4 is 4.74 Å². The second-order valence-electron chi connectivity index (χ2n) is 4.81. The number of ether oxygens (including phenoxy) is 1. The predicted octanol–water partition coefficient (Wildman–Crippen LogP) is 3.89. The summed E-state index contributed by atoms with van der Waals surface area (Å²) in [6.07, 6.45) is 5.51. The molecule has 0 saturated carbocycles. The normalized spacial score (nSPS) is 10.5. The summed E-state index contributed by atoms with van der Waals surface area (Å²) in [5.41, 5.74) is 3.33. The molecule has 3 heteroatoms. The van der Waals surface area contributed by atoms with Crippen LogP contribution in [0.4, 0.5) is 0 Å². The van der Waals surface area contributed by atoms with Crippen molar-refractivity contribution in [2.45, 2.75) is 12.8 Å². The van der Waals surface area contributed by atoms with Crippen LogP contribution in [0.15, 0.2) is 61.1 Å². The summed E-state index contributed by atoms with van der Waals surface area (Å²) >= 11 is 0. The molecule has 0 amide bonds. The third-order valence-corrected chi connectivity index (χ3v) is 3.28. The number of nitrogens with one attached hydrogen (secondary N) is 1. The minimum Gasteiger partial charge on any atom is -0.494 e. The van der Waals surface area contributed by atoms with Crippen molar-refractivity contribution >= 4 is 0 Å². The number of rotatable bonds is 6. The minimum absolute atomic E-state index is 0.698. The van der Waals surface area contributed by atoms with E-state index in [2.05, 4.69) is 34.2 Å². The number of nitrogens with zero attached hydrogens (tertiary/aromatic N) is 1. The largest absolute Gasteiger partial charge is 0.494 e. The molecule has 3 aromatic rings. The molecule has 1 heterocycles. The Labute approximate surface area is 124 Å². The molecule has 0 fully saturated rings. The first-order valence-electron chi connectivity index (χ1n) is 7.09. The lowest BCUT2D eigenvalue weighted by molar-refractivity contribution is 0.310. The van der Waals surface area contributed by atoms with Crippen LogP contribution in [0, 0.1) is 6.07 Å². The molecule has 105 valence electrons. The second kappa shape index (κ2) is 6.75. The van der Waals surface area contributed by atoms with Crippen LogP contribution in [0.25, 0.3) is 11.1 Å². The first kappa shape index (κ1) is 13.4. The van der Waals surface area contributed by atoms with Gasteiger partial charge in [-0.15, -0.1) is 0 Å². The number of aromatic amines is 1. The summed E-state index contributed by atoms with van der Waals surface area (Å²) in [6.45, 7) is 0.698. The van der Waals surface area contributed by atoms with E-state index in [1.165, 1.54) is 0 Å². The van der Waals surface area contributed by atoms with Gasteiger partial charge >= 0.3 is 0 Å². The van der Waals surface area contributed by atoms with Crippen LogP contribution in [-0.2, 0) is 6.42 Å². The summed E-state index contributed by atoms with van der Waals surface area (Å²) in [5, 5.41) is 0. The molecule has 0 bridgehead atoms. The van der Waals surface area contributed by atoms with E-state index in [1.54, 1.807) is 6.33 Å². The number of H-pyrrole nitrogens is 1. The van der Waals surface area contributed by atoms with Crippen molar-refractivity contribution in [1.29, 1.82) is 0 Å². The fourth-order valence-electron chi connectivity index (χ4n) is 2.17. The number of aryl methyl sites for hydroxylation is 1. The van der Waals surface area contributed by atoms with Crippen LogP contribution in [0.5, 0.6) is 5.75 Å². The maximum absolute atomic E-state index is 5.75. The van der Waals surface area contributed by atoms with Gasteiger partial charge in [-0.3, -0.25) is 0 Å².